The SMILES string of the molecule is NC1Cc2ccccc2N(CC2CCOC2)C1. The molecule has 0 bridgehead atoms. The summed E-state index contributed by atoms with van der Waals surface area (Å²) in [6.07, 6.45) is 2.20. The highest BCUT2D eigenvalue weighted by atomic mass is 16.5. The van der Waals surface area contributed by atoms with Gasteiger partial charge in [0.25, 0.3) is 0 Å². The zero-order chi connectivity index (χ0) is 11.7. The van der Waals surface area contributed by atoms with Crippen LogP contribution in [-0.4, -0.2) is 32.3 Å². The van der Waals surface area contributed by atoms with Gasteiger partial charge in [-0.2, -0.15) is 0 Å². The lowest BCUT2D eigenvalue weighted by Crippen LogP contribution is -2.45. The molecular formula is C14H20N2O. The zero-order valence-electron chi connectivity index (χ0n) is 10.1. The van der Waals surface area contributed by atoms with Gasteiger partial charge in [0.05, 0.1) is 6.61 Å². The summed E-state index contributed by atoms with van der Waals surface area (Å²) >= 11 is 0. The first-order chi connectivity index (χ1) is 8.33. The summed E-state index contributed by atoms with van der Waals surface area (Å²) in [6, 6.07) is 8.91. The van der Waals surface area contributed by atoms with Crippen LogP contribution in [0.15, 0.2) is 24.3 Å². The number of benzene rings is 1. The molecule has 0 radical (unpaired) electrons. The number of hydrogen-bond acceptors (Lipinski definition) is 3. The van der Waals surface area contributed by atoms with Crippen LogP contribution in [0.3, 0.4) is 0 Å². The van der Waals surface area contributed by atoms with Gasteiger partial charge in [-0.3, -0.25) is 0 Å². The van der Waals surface area contributed by atoms with Gasteiger partial charge in [0.1, 0.15) is 0 Å². The van der Waals surface area contributed by atoms with Crippen LogP contribution in [0.5, 0.6) is 0 Å². The second-order valence-corrected chi connectivity index (χ2v) is 5.23. The van der Waals surface area contributed by atoms with Crippen LogP contribution < -0.4 is 10.6 Å². The topological polar surface area (TPSA) is 38.5 Å². The fourth-order valence-corrected chi connectivity index (χ4v) is 2.93. The predicted molar refractivity (Wildman–Crippen MR) is 69.3 cm³/mol. The minimum absolute atomic E-state index is 0.271. The molecule has 3 rings (SSSR count). The van der Waals surface area contributed by atoms with Gasteiger partial charge in [0, 0.05) is 37.3 Å². The Morgan fingerprint density at radius 1 is 1.35 bits per heavy atom. The van der Waals surface area contributed by atoms with E-state index >= 15 is 0 Å². The molecule has 2 aliphatic rings. The van der Waals surface area contributed by atoms with E-state index in [0.717, 1.165) is 32.7 Å². The first kappa shape index (κ1) is 11.1. The molecule has 1 fully saturated rings. The van der Waals surface area contributed by atoms with E-state index in [2.05, 4.69) is 29.2 Å². The molecule has 17 heavy (non-hydrogen) atoms. The van der Waals surface area contributed by atoms with Gasteiger partial charge in [0.2, 0.25) is 0 Å². The van der Waals surface area contributed by atoms with Crippen LogP contribution in [-0.2, 0) is 11.2 Å². The lowest BCUT2D eigenvalue weighted by atomic mass is 9.97. The van der Waals surface area contributed by atoms with Crippen molar-refractivity contribution >= 4 is 5.69 Å². The van der Waals surface area contributed by atoms with Crippen LogP contribution in [0.4, 0.5) is 5.69 Å². The Balaban J connectivity index is 1.79. The summed E-state index contributed by atoms with van der Waals surface area (Å²) in [5.41, 5.74) is 8.91. The molecule has 0 aliphatic carbocycles. The van der Waals surface area contributed by atoms with E-state index in [4.69, 9.17) is 10.5 Å². The van der Waals surface area contributed by atoms with Gasteiger partial charge in [-0.15, -0.1) is 0 Å². The Hall–Kier alpha value is -1.06. The maximum atomic E-state index is 6.14. The summed E-state index contributed by atoms with van der Waals surface area (Å²) in [5.74, 6) is 0.674. The number of anilines is 1. The largest absolute Gasteiger partial charge is 0.381 e. The van der Waals surface area contributed by atoms with E-state index in [0.29, 0.717) is 5.92 Å². The lowest BCUT2D eigenvalue weighted by molar-refractivity contribution is 0.186. The summed E-state index contributed by atoms with van der Waals surface area (Å²) < 4.78 is 5.46. The van der Waals surface area contributed by atoms with E-state index in [9.17, 15) is 0 Å². The maximum absolute atomic E-state index is 6.14. The third-order valence-electron chi connectivity index (χ3n) is 3.77. The number of fused-ring (bicyclic) bond motifs is 1. The van der Waals surface area contributed by atoms with Gasteiger partial charge in [-0.05, 0) is 24.5 Å². The van der Waals surface area contributed by atoms with E-state index in [1.807, 2.05) is 0 Å². The highest BCUT2D eigenvalue weighted by Crippen LogP contribution is 2.28. The van der Waals surface area contributed by atoms with Crippen molar-refractivity contribution in [3.63, 3.8) is 0 Å². The summed E-state index contributed by atoms with van der Waals surface area (Å²) in [4.78, 5) is 2.45. The minimum atomic E-state index is 0.271. The smallest absolute Gasteiger partial charge is 0.0512 e. The molecule has 0 saturated carbocycles. The number of nitrogens with two attached hydrogens (primary N) is 1. The molecule has 1 aromatic carbocycles. The van der Waals surface area contributed by atoms with E-state index < -0.39 is 0 Å². The Morgan fingerprint density at radius 2 is 2.24 bits per heavy atom. The fraction of sp³-hybridized carbons (Fsp3) is 0.571. The zero-order valence-corrected chi connectivity index (χ0v) is 10.1. The number of nitrogens with zero attached hydrogens (tertiary/aromatic N) is 1. The Morgan fingerprint density at radius 3 is 3.06 bits per heavy atom. The molecule has 92 valence electrons. The molecule has 2 N–H and O–H groups in total. The van der Waals surface area contributed by atoms with Crippen LogP contribution in [0.25, 0.3) is 0 Å². The molecule has 0 aromatic heterocycles. The van der Waals surface area contributed by atoms with Crippen LogP contribution in [0, 0.1) is 5.92 Å². The Kier molecular flexibility index (Phi) is 3.04. The van der Waals surface area contributed by atoms with E-state index in [1.165, 1.54) is 17.7 Å². The quantitative estimate of drug-likeness (QED) is 0.838. The molecule has 0 spiro atoms. The van der Waals surface area contributed by atoms with E-state index in [-0.39, 0.29) is 6.04 Å². The first-order valence-corrected chi connectivity index (χ1v) is 6.49. The number of hydrogen-bond donors (Lipinski definition) is 1. The summed E-state index contributed by atoms with van der Waals surface area (Å²) in [6.45, 7) is 3.90. The highest BCUT2D eigenvalue weighted by molar-refractivity contribution is 5.56. The summed E-state index contributed by atoms with van der Waals surface area (Å²) in [5, 5.41) is 0. The third-order valence-corrected chi connectivity index (χ3v) is 3.77. The number of rotatable bonds is 2. The summed E-state index contributed by atoms with van der Waals surface area (Å²) in [7, 11) is 0. The molecule has 2 atom stereocenters. The van der Waals surface area contributed by atoms with Crippen molar-refractivity contribution < 1.29 is 4.74 Å². The van der Waals surface area contributed by atoms with Crippen molar-refractivity contribution in [3.8, 4) is 0 Å². The van der Waals surface area contributed by atoms with Crippen molar-refractivity contribution in [1.82, 2.24) is 0 Å². The number of para-hydroxylation sites is 1. The van der Waals surface area contributed by atoms with Gasteiger partial charge < -0.3 is 15.4 Å². The van der Waals surface area contributed by atoms with E-state index in [1.54, 1.807) is 0 Å². The normalized spacial score (nSPS) is 28.2. The van der Waals surface area contributed by atoms with Crippen LogP contribution in [0.1, 0.15) is 12.0 Å². The molecule has 1 saturated heterocycles. The van der Waals surface area contributed by atoms with Crippen molar-refractivity contribution in [3.05, 3.63) is 29.8 Å². The molecule has 0 amide bonds. The molecule has 1 aromatic rings. The Bertz CT molecular complexity index is 388. The second-order valence-electron chi connectivity index (χ2n) is 5.23. The molecule has 2 aliphatic heterocycles. The van der Waals surface area contributed by atoms with Crippen molar-refractivity contribution in [1.29, 1.82) is 0 Å². The van der Waals surface area contributed by atoms with Crippen molar-refractivity contribution in [2.75, 3.05) is 31.2 Å². The van der Waals surface area contributed by atoms with Gasteiger partial charge in [-0.1, -0.05) is 18.2 Å². The fourth-order valence-electron chi connectivity index (χ4n) is 2.93. The molecule has 3 nitrogen and oxygen atoms in total. The lowest BCUT2D eigenvalue weighted by Gasteiger charge is -2.36. The molecular weight excluding hydrogens is 212 g/mol. The number of ether oxygens (including phenoxy) is 1. The second kappa shape index (κ2) is 4.67. The maximum Gasteiger partial charge on any atom is 0.0512 e. The van der Waals surface area contributed by atoms with Gasteiger partial charge in [-0.25, -0.2) is 0 Å². The first-order valence-electron chi connectivity index (χ1n) is 6.49. The average molecular weight is 232 g/mol. The van der Waals surface area contributed by atoms with Crippen molar-refractivity contribution in [2.45, 2.75) is 18.9 Å². The molecule has 3 heteroatoms. The molecule has 2 heterocycles. The monoisotopic (exact) mass is 232 g/mol. The standard InChI is InChI=1S/C14H20N2O/c15-13-7-12-3-1-2-4-14(12)16(9-13)8-11-5-6-17-10-11/h1-4,11,13H,5-10,15H2. The van der Waals surface area contributed by atoms with Crippen LogP contribution >= 0.6 is 0 Å². The molecule has 2 unspecified atom stereocenters. The minimum Gasteiger partial charge on any atom is -0.381 e. The highest BCUT2D eigenvalue weighted by Gasteiger charge is 2.25. The van der Waals surface area contributed by atoms with Gasteiger partial charge >= 0.3 is 0 Å². The predicted octanol–water partition coefficient (Wildman–Crippen LogP) is 1.41. The van der Waals surface area contributed by atoms with Gasteiger partial charge in [0.15, 0.2) is 0 Å². The Labute approximate surface area is 103 Å². The van der Waals surface area contributed by atoms with Crippen molar-refractivity contribution in [2.24, 2.45) is 11.7 Å². The third kappa shape index (κ3) is 2.31. The average Bonchev–Trinajstić information content (AvgIpc) is 2.81. The van der Waals surface area contributed by atoms with Crippen LogP contribution in [0.2, 0.25) is 0 Å².